The summed E-state index contributed by atoms with van der Waals surface area (Å²) in [5, 5.41) is 0. The van der Waals surface area contributed by atoms with Gasteiger partial charge in [0.05, 0.1) is 0 Å². The van der Waals surface area contributed by atoms with E-state index >= 15 is 14.4 Å². The Labute approximate surface area is 450 Å². The van der Waals surface area contributed by atoms with E-state index in [0.717, 1.165) is 50.1 Å². The monoisotopic (exact) mass is 1100 g/mol. The van der Waals surface area contributed by atoms with Crippen molar-refractivity contribution in [2.75, 3.05) is 0 Å². The first-order chi connectivity index (χ1) is 37.4. The molecule has 0 N–H and O–H groups in total. The summed E-state index contributed by atoms with van der Waals surface area (Å²) in [5.74, 6) is -2.13. The molecule has 76 heavy (non-hydrogen) atoms. The van der Waals surface area contributed by atoms with Crippen LogP contribution in [0.1, 0.15) is 69.3 Å². The Kier molecular flexibility index (Phi) is 15.6. The third-order valence-electron chi connectivity index (χ3n) is 14.5. The fraction of sp³-hybridized carbons (Fsp3) is 0.0870. The van der Waals surface area contributed by atoms with Crippen molar-refractivity contribution in [3.8, 4) is 0 Å². The number of benzene rings is 10. The summed E-state index contributed by atoms with van der Waals surface area (Å²) in [4.78, 5) is 47.6. The van der Waals surface area contributed by atoms with Crippen molar-refractivity contribution in [3.63, 3.8) is 0 Å². The van der Waals surface area contributed by atoms with Crippen LogP contribution in [0.3, 0.4) is 0 Å². The fourth-order valence-electron chi connectivity index (χ4n) is 11.0. The molecule has 0 aliphatic carbocycles. The molecule has 0 bridgehead atoms. The zero-order valence-electron chi connectivity index (χ0n) is 41.9. The van der Waals surface area contributed by atoms with Crippen LogP contribution in [0.4, 0.5) is 0 Å². The minimum atomic E-state index is -6.32. The molecule has 0 saturated heterocycles. The Morgan fingerprint density at radius 3 is 0.539 bits per heavy atom. The van der Waals surface area contributed by atoms with Gasteiger partial charge in [-0.25, -0.2) is 0 Å². The molecule has 0 atom stereocenters. The van der Waals surface area contributed by atoms with Crippen LogP contribution < -0.4 is 3.58 Å². The molecule has 7 heteroatoms. The molecule has 372 valence electrons. The van der Waals surface area contributed by atoms with E-state index in [1.54, 1.807) is 24.3 Å². The third kappa shape index (κ3) is 10.4. The molecular formula is C69H56O6Sn. The van der Waals surface area contributed by atoms with E-state index in [1.807, 2.05) is 279 Å². The SMILES string of the molecule is O=C(CC(c1ccccc1)(c1ccccc1)c1ccccc1)[O][Sn]([O]C(=O)CC(c1ccccc1)(c1ccccc1)c1ccccc1)([O]C(=O)CC(c1ccccc1)(c1ccccc1)c1ccccc1)[c]1ccccc1. The van der Waals surface area contributed by atoms with Gasteiger partial charge in [0.2, 0.25) is 0 Å². The van der Waals surface area contributed by atoms with Gasteiger partial charge in [-0.15, -0.1) is 0 Å². The van der Waals surface area contributed by atoms with Crippen molar-refractivity contribution >= 4 is 41.1 Å². The van der Waals surface area contributed by atoms with Crippen LogP contribution in [0.2, 0.25) is 0 Å². The van der Waals surface area contributed by atoms with Crippen LogP contribution in [0, 0.1) is 0 Å². The van der Waals surface area contributed by atoms with Crippen molar-refractivity contribution in [2.45, 2.75) is 35.5 Å². The first-order valence-corrected chi connectivity index (χ1v) is 30.5. The van der Waals surface area contributed by atoms with Gasteiger partial charge in [0.1, 0.15) is 0 Å². The summed E-state index contributed by atoms with van der Waals surface area (Å²) in [5.41, 5.74) is 4.28. The topological polar surface area (TPSA) is 78.9 Å². The summed E-state index contributed by atoms with van der Waals surface area (Å²) in [6.45, 7) is 0. The van der Waals surface area contributed by atoms with Gasteiger partial charge < -0.3 is 0 Å². The average Bonchev–Trinajstić information content (AvgIpc) is 3.50. The van der Waals surface area contributed by atoms with Crippen LogP contribution in [0.15, 0.2) is 303 Å². The van der Waals surface area contributed by atoms with Gasteiger partial charge in [-0.2, -0.15) is 0 Å². The maximum absolute atomic E-state index is 15.9. The van der Waals surface area contributed by atoms with Crippen LogP contribution >= 0.6 is 0 Å². The number of carbonyl (C=O) groups is 3. The number of hydrogen-bond acceptors (Lipinski definition) is 6. The molecule has 0 saturated carbocycles. The van der Waals surface area contributed by atoms with Crippen LogP contribution in [-0.4, -0.2) is 37.5 Å². The van der Waals surface area contributed by atoms with E-state index in [-0.39, 0.29) is 19.3 Å². The summed E-state index contributed by atoms with van der Waals surface area (Å²) in [6.07, 6.45) is -0.721. The van der Waals surface area contributed by atoms with E-state index in [9.17, 15) is 0 Å². The van der Waals surface area contributed by atoms with Gasteiger partial charge in [0.15, 0.2) is 0 Å². The summed E-state index contributed by atoms with van der Waals surface area (Å²) in [7, 11) is 0. The molecule has 10 aromatic rings. The standard InChI is InChI=1S/3C21H18O2.C6H5.Sn/c3*22-20(23)16-21(17-10-4-1-5-11-17,18-12-6-2-7-13-18)19-14-8-3-9-15-19;1-2-4-6-5-3-1;/h3*1-15H,16H2,(H,22,23);1-5H;/q;;;;+3/p-3. The molecule has 0 aromatic heterocycles. The Morgan fingerprint density at radius 2 is 0.382 bits per heavy atom. The zero-order valence-corrected chi connectivity index (χ0v) is 44.8. The second kappa shape index (κ2) is 23.3. The number of rotatable bonds is 19. The minimum absolute atomic E-state index is 0.240. The molecule has 0 radical (unpaired) electrons. The molecule has 0 amide bonds. The Morgan fingerprint density at radius 1 is 0.237 bits per heavy atom. The maximum atomic E-state index is 15.9. The predicted octanol–water partition coefficient (Wildman–Crippen LogP) is 13.7. The van der Waals surface area contributed by atoms with Gasteiger partial charge in [0.25, 0.3) is 0 Å². The molecule has 6 nitrogen and oxygen atoms in total. The van der Waals surface area contributed by atoms with E-state index in [0.29, 0.717) is 3.58 Å². The summed E-state index contributed by atoms with van der Waals surface area (Å²) >= 11 is -6.32. The van der Waals surface area contributed by atoms with Crippen molar-refractivity contribution in [2.24, 2.45) is 0 Å². The van der Waals surface area contributed by atoms with Gasteiger partial charge in [-0.05, 0) is 0 Å². The van der Waals surface area contributed by atoms with Gasteiger partial charge in [-0.1, -0.05) is 0 Å². The molecule has 0 aliphatic rings. The van der Waals surface area contributed by atoms with E-state index in [2.05, 4.69) is 0 Å². The Bertz CT molecular complexity index is 2810. The van der Waals surface area contributed by atoms with E-state index < -0.39 is 53.8 Å². The second-order valence-corrected chi connectivity index (χ2v) is 25.5. The summed E-state index contributed by atoms with van der Waals surface area (Å²) < 4.78 is 21.4. The number of carbonyl (C=O) groups excluding carboxylic acids is 3. The van der Waals surface area contributed by atoms with E-state index in [1.165, 1.54) is 0 Å². The van der Waals surface area contributed by atoms with Crippen molar-refractivity contribution in [1.82, 2.24) is 0 Å². The molecule has 0 spiro atoms. The number of hydrogen-bond donors (Lipinski definition) is 0. The van der Waals surface area contributed by atoms with Crippen molar-refractivity contribution in [1.29, 1.82) is 0 Å². The average molecular weight is 1100 g/mol. The molecule has 0 aliphatic heterocycles. The summed E-state index contributed by atoms with van der Waals surface area (Å²) in [6, 6.07) is 97.7. The zero-order chi connectivity index (χ0) is 52.1. The normalized spacial score (nSPS) is 11.7. The molecule has 10 rings (SSSR count). The Hall–Kier alpha value is -8.59. The van der Waals surface area contributed by atoms with Crippen LogP contribution in [-0.2, 0) is 39.9 Å². The molecular weight excluding hydrogens is 1040 g/mol. The van der Waals surface area contributed by atoms with Crippen molar-refractivity contribution < 1.29 is 23.6 Å². The Balaban J connectivity index is 1.16. The molecule has 10 aromatic carbocycles. The predicted molar refractivity (Wildman–Crippen MR) is 302 cm³/mol. The van der Waals surface area contributed by atoms with Crippen LogP contribution in [0.5, 0.6) is 0 Å². The second-order valence-electron chi connectivity index (χ2n) is 18.9. The molecule has 0 fully saturated rings. The van der Waals surface area contributed by atoms with Gasteiger partial charge in [0, 0.05) is 0 Å². The molecule has 0 heterocycles. The van der Waals surface area contributed by atoms with Gasteiger partial charge in [-0.3, -0.25) is 0 Å². The van der Waals surface area contributed by atoms with Gasteiger partial charge >= 0.3 is 454 Å². The quantitative estimate of drug-likeness (QED) is 0.0593. The van der Waals surface area contributed by atoms with E-state index in [4.69, 9.17) is 9.22 Å². The van der Waals surface area contributed by atoms with Crippen LogP contribution in [0.25, 0.3) is 0 Å². The third-order valence-corrected chi connectivity index (χ3v) is 21.7. The molecule has 0 unspecified atom stereocenters. The first kappa shape index (κ1) is 50.9. The first-order valence-electron chi connectivity index (χ1n) is 25.6. The van der Waals surface area contributed by atoms with Crippen molar-refractivity contribution in [3.05, 3.63) is 353 Å². The fourth-order valence-corrected chi connectivity index (χ4v) is 17.3.